The number of pyridine rings is 1. The topological polar surface area (TPSA) is 52.2 Å². The molecule has 3 aromatic heterocycles. The van der Waals surface area contributed by atoms with Crippen molar-refractivity contribution in [1.82, 2.24) is 19.2 Å². The Bertz CT molecular complexity index is 1490. The first-order valence-electron chi connectivity index (χ1n) is 11.1. The maximum Gasteiger partial charge on any atom is 0.172 e. The van der Waals surface area contributed by atoms with Gasteiger partial charge >= 0.3 is 0 Å². The minimum Gasteiger partial charge on any atom is -0.303 e. The average molecular weight is 435 g/mol. The molecule has 3 heterocycles. The number of aryl methyl sites for hydroxylation is 2. The molecule has 0 saturated heterocycles. The van der Waals surface area contributed by atoms with E-state index < -0.39 is 0 Å². The summed E-state index contributed by atoms with van der Waals surface area (Å²) in [5.74, 6) is 0.0473. The maximum absolute atomic E-state index is 13.4. The second-order valence-electron chi connectivity index (χ2n) is 8.54. The summed E-state index contributed by atoms with van der Waals surface area (Å²) in [6.45, 7) is 8.11. The van der Waals surface area contributed by atoms with Crippen LogP contribution < -0.4 is 0 Å². The van der Waals surface area contributed by atoms with Gasteiger partial charge in [0.1, 0.15) is 5.65 Å². The Morgan fingerprint density at radius 1 is 0.909 bits per heavy atom. The molecule has 5 nitrogen and oxygen atoms in total. The largest absolute Gasteiger partial charge is 0.303 e. The van der Waals surface area contributed by atoms with E-state index in [1.54, 1.807) is 6.20 Å². The standard InChI is InChI=1S/C28H26N4O/c1-18-9-8-12-25(19(18)2)22-13-14-27-29-16-24(31(27)17-22)15-26(33)28-20(3)30-32(21(28)4)23-10-6-5-7-11-23/h5-14,16-17H,15H2,1-4H3. The smallest absolute Gasteiger partial charge is 0.172 e. The highest BCUT2D eigenvalue weighted by Crippen LogP contribution is 2.27. The molecule has 0 saturated carbocycles. The van der Waals surface area contributed by atoms with E-state index >= 15 is 0 Å². The lowest BCUT2D eigenvalue weighted by atomic mass is 9.98. The van der Waals surface area contributed by atoms with Crippen LogP contribution in [0.15, 0.2) is 73.1 Å². The lowest BCUT2D eigenvalue weighted by Crippen LogP contribution is -2.09. The van der Waals surface area contributed by atoms with E-state index in [0.717, 1.165) is 34.0 Å². The Kier molecular flexibility index (Phi) is 5.17. The van der Waals surface area contributed by atoms with Crippen LogP contribution in [0.1, 0.15) is 38.6 Å². The summed E-state index contributed by atoms with van der Waals surface area (Å²) in [7, 11) is 0. The van der Waals surface area contributed by atoms with E-state index in [9.17, 15) is 4.79 Å². The third kappa shape index (κ3) is 3.65. The second kappa shape index (κ2) is 8.17. The van der Waals surface area contributed by atoms with Gasteiger partial charge < -0.3 is 4.40 Å². The molecule has 0 aliphatic rings. The van der Waals surface area contributed by atoms with Crippen LogP contribution in [-0.2, 0) is 6.42 Å². The number of Topliss-reactive ketones (excluding diaryl/α,β-unsaturated/α-hetero) is 1. The van der Waals surface area contributed by atoms with E-state index in [1.807, 2.05) is 59.3 Å². The van der Waals surface area contributed by atoms with Gasteiger partial charge in [0.05, 0.1) is 34.8 Å². The van der Waals surface area contributed by atoms with Crippen molar-refractivity contribution in [3.05, 3.63) is 107 Å². The fraction of sp³-hybridized carbons (Fsp3) is 0.179. The molecule has 164 valence electrons. The van der Waals surface area contributed by atoms with Crippen molar-refractivity contribution in [2.75, 3.05) is 0 Å². The summed E-state index contributed by atoms with van der Waals surface area (Å²) >= 11 is 0. The summed E-state index contributed by atoms with van der Waals surface area (Å²) in [6.07, 6.45) is 4.14. The zero-order valence-electron chi connectivity index (χ0n) is 19.3. The van der Waals surface area contributed by atoms with Gasteiger partial charge in [-0.25, -0.2) is 9.67 Å². The molecule has 0 radical (unpaired) electrons. The van der Waals surface area contributed by atoms with E-state index in [-0.39, 0.29) is 12.2 Å². The highest BCUT2D eigenvalue weighted by molar-refractivity contribution is 5.99. The number of rotatable bonds is 5. The Labute approximate surface area is 193 Å². The Morgan fingerprint density at radius 3 is 2.48 bits per heavy atom. The number of ketones is 1. The number of carbonyl (C=O) groups excluding carboxylic acids is 1. The van der Waals surface area contributed by atoms with Crippen LogP contribution in [0.5, 0.6) is 0 Å². The van der Waals surface area contributed by atoms with Gasteiger partial charge in [0.15, 0.2) is 5.78 Å². The molecule has 5 rings (SSSR count). The summed E-state index contributed by atoms with van der Waals surface area (Å²) < 4.78 is 3.87. The van der Waals surface area contributed by atoms with Gasteiger partial charge in [-0.15, -0.1) is 0 Å². The van der Waals surface area contributed by atoms with Gasteiger partial charge in [-0.05, 0) is 74.2 Å². The number of carbonyl (C=O) groups is 1. The highest BCUT2D eigenvalue weighted by atomic mass is 16.1. The van der Waals surface area contributed by atoms with Gasteiger partial charge in [0.2, 0.25) is 0 Å². The van der Waals surface area contributed by atoms with Crippen LogP contribution in [0.3, 0.4) is 0 Å². The quantitative estimate of drug-likeness (QED) is 0.326. The molecular weight excluding hydrogens is 408 g/mol. The molecule has 0 atom stereocenters. The molecule has 5 heteroatoms. The van der Waals surface area contributed by atoms with Crippen molar-refractivity contribution in [2.24, 2.45) is 0 Å². The minimum atomic E-state index is 0.0473. The van der Waals surface area contributed by atoms with E-state index in [1.165, 1.54) is 16.7 Å². The molecule has 2 aromatic carbocycles. The fourth-order valence-electron chi connectivity index (χ4n) is 4.50. The molecule has 0 amide bonds. The summed E-state index contributed by atoms with van der Waals surface area (Å²) in [5, 5.41) is 4.64. The zero-order valence-corrected chi connectivity index (χ0v) is 19.3. The molecule has 0 aliphatic heterocycles. The third-order valence-electron chi connectivity index (χ3n) is 6.41. The Hall–Kier alpha value is -3.99. The normalized spacial score (nSPS) is 11.3. The SMILES string of the molecule is Cc1cccc(-c2ccc3ncc(CC(=O)c4c(C)nn(-c5ccccc5)c4C)n3c2)c1C. The highest BCUT2D eigenvalue weighted by Gasteiger charge is 2.21. The summed E-state index contributed by atoms with van der Waals surface area (Å²) in [5.41, 5.74) is 9.75. The Balaban J connectivity index is 1.51. The van der Waals surface area contributed by atoms with Gasteiger partial charge in [-0.1, -0.05) is 36.4 Å². The van der Waals surface area contributed by atoms with Crippen molar-refractivity contribution in [3.8, 4) is 16.8 Å². The number of imidazole rings is 1. The number of benzene rings is 2. The third-order valence-corrected chi connectivity index (χ3v) is 6.41. The van der Waals surface area contributed by atoms with Crippen LogP contribution in [0.2, 0.25) is 0 Å². The molecule has 33 heavy (non-hydrogen) atoms. The van der Waals surface area contributed by atoms with E-state index in [4.69, 9.17) is 0 Å². The first-order valence-corrected chi connectivity index (χ1v) is 11.1. The first kappa shape index (κ1) is 20.9. The molecule has 0 fully saturated rings. The molecule has 0 N–H and O–H groups in total. The average Bonchev–Trinajstić information content (AvgIpc) is 3.35. The van der Waals surface area contributed by atoms with E-state index in [2.05, 4.69) is 54.4 Å². The predicted octanol–water partition coefficient (Wildman–Crippen LogP) is 5.85. The number of aromatic nitrogens is 4. The van der Waals surface area contributed by atoms with Gasteiger partial charge in [-0.3, -0.25) is 4.79 Å². The predicted molar refractivity (Wildman–Crippen MR) is 131 cm³/mol. The lowest BCUT2D eigenvalue weighted by molar-refractivity contribution is 0.0990. The van der Waals surface area contributed by atoms with Crippen molar-refractivity contribution >= 4 is 11.4 Å². The maximum atomic E-state index is 13.4. The van der Waals surface area contributed by atoms with Crippen LogP contribution >= 0.6 is 0 Å². The van der Waals surface area contributed by atoms with Crippen LogP contribution in [0.4, 0.5) is 0 Å². The number of hydrogen-bond acceptors (Lipinski definition) is 3. The first-order chi connectivity index (χ1) is 15.9. The van der Waals surface area contributed by atoms with Crippen LogP contribution in [-0.4, -0.2) is 24.9 Å². The molecule has 0 unspecified atom stereocenters. The van der Waals surface area contributed by atoms with E-state index in [0.29, 0.717) is 5.56 Å². The minimum absolute atomic E-state index is 0.0473. The summed E-state index contributed by atoms with van der Waals surface area (Å²) in [6, 6.07) is 20.3. The fourth-order valence-corrected chi connectivity index (χ4v) is 4.50. The zero-order chi connectivity index (χ0) is 23.1. The molecule has 0 bridgehead atoms. The number of hydrogen-bond donors (Lipinski definition) is 0. The molecular formula is C28H26N4O. The number of fused-ring (bicyclic) bond motifs is 1. The van der Waals surface area contributed by atoms with Crippen molar-refractivity contribution in [2.45, 2.75) is 34.1 Å². The molecule has 0 spiro atoms. The van der Waals surface area contributed by atoms with Gasteiger partial charge in [0.25, 0.3) is 0 Å². The molecule has 5 aromatic rings. The van der Waals surface area contributed by atoms with Crippen molar-refractivity contribution in [3.63, 3.8) is 0 Å². The number of nitrogens with zero attached hydrogens (tertiary/aromatic N) is 4. The van der Waals surface area contributed by atoms with Gasteiger partial charge in [0, 0.05) is 12.4 Å². The van der Waals surface area contributed by atoms with Gasteiger partial charge in [-0.2, -0.15) is 5.10 Å². The lowest BCUT2D eigenvalue weighted by Gasteiger charge is -2.10. The summed E-state index contributed by atoms with van der Waals surface area (Å²) in [4.78, 5) is 17.9. The van der Waals surface area contributed by atoms with Crippen LogP contribution in [0.25, 0.3) is 22.5 Å². The van der Waals surface area contributed by atoms with Crippen LogP contribution in [0, 0.1) is 27.7 Å². The number of para-hydroxylation sites is 1. The monoisotopic (exact) mass is 434 g/mol. The van der Waals surface area contributed by atoms with Crippen molar-refractivity contribution in [1.29, 1.82) is 0 Å². The molecule has 0 aliphatic carbocycles. The van der Waals surface area contributed by atoms with Crippen molar-refractivity contribution < 1.29 is 4.79 Å². The Morgan fingerprint density at radius 2 is 1.70 bits per heavy atom. The second-order valence-corrected chi connectivity index (χ2v) is 8.54.